The molecule has 23 heavy (non-hydrogen) atoms. The molecule has 0 amide bonds. The summed E-state index contributed by atoms with van der Waals surface area (Å²) in [5, 5.41) is 12.4. The highest BCUT2D eigenvalue weighted by Crippen LogP contribution is 2.20. The molecule has 0 radical (unpaired) electrons. The van der Waals surface area contributed by atoms with Crippen LogP contribution in [0.1, 0.15) is 11.1 Å². The van der Waals surface area contributed by atoms with E-state index in [-0.39, 0.29) is 19.0 Å². The molecular formula is C17H23ClN4O. The van der Waals surface area contributed by atoms with Crippen LogP contribution in [-0.2, 0) is 6.42 Å². The van der Waals surface area contributed by atoms with Gasteiger partial charge < -0.3 is 27.6 Å². The molecule has 6 heteroatoms. The highest BCUT2D eigenvalue weighted by molar-refractivity contribution is 5.85. The van der Waals surface area contributed by atoms with Gasteiger partial charge in [0.1, 0.15) is 0 Å². The van der Waals surface area contributed by atoms with Crippen molar-refractivity contribution in [3.05, 3.63) is 53.6 Å². The van der Waals surface area contributed by atoms with E-state index in [1.165, 1.54) is 0 Å². The SMILES string of the molecule is Cl.Nc1ccc(N)c(/C=C/CNc2ccc(N)cc2CCO)c1. The van der Waals surface area contributed by atoms with Crippen molar-refractivity contribution in [2.45, 2.75) is 6.42 Å². The van der Waals surface area contributed by atoms with Gasteiger partial charge in [-0.15, -0.1) is 12.4 Å². The molecule has 0 atom stereocenters. The second-order valence-electron chi connectivity index (χ2n) is 5.06. The minimum atomic E-state index is 0. The van der Waals surface area contributed by atoms with Crippen molar-refractivity contribution < 1.29 is 5.11 Å². The summed E-state index contributed by atoms with van der Waals surface area (Å²) in [5.74, 6) is 0. The number of hydrogen-bond donors (Lipinski definition) is 5. The molecular weight excluding hydrogens is 312 g/mol. The van der Waals surface area contributed by atoms with Crippen molar-refractivity contribution in [1.29, 1.82) is 0 Å². The van der Waals surface area contributed by atoms with Crippen LogP contribution in [0.3, 0.4) is 0 Å². The van der Waals surface area contributed by atoms with Crippen LogP contribution >= 0.6 is 12.4 Å². The first-order valence-electron chi connectivity index (χ1n) is 7.15. The lowest BCUT2D eigenvalue weighted by Crippen LogP contribution is -2.04. The van der Waals surface area contributed by atoms with Crippen molar-refractivity contribution in [2.24, 2.45) is 0 Å². The number of aliphatic hydroxyl groups excluding tert-OH is 1. The summed E-state index contributed by atoms with van der Waals surface area (Å²) in [4.78, 5) is 0. The maximum Gasteiger partial charge on any atom is 0.0472 e. The zero-order valence-corrected chi connectivity index (χ0v) is 13.6. The Bertz CT molecular complexity index is 674. The standard InChI is InChI=1S/C17H22N4O.ClH/c18-14-3-5-16(20)12(10-14)2-1-8-21-17-6-4-15(19)11-13(17)7-9-22;/h1-6,10-11,21-22H,7-9,18-20H2;1H/b2-1+;. The van der Waals surface area contributed by atoms with Gasteiger partial charge in [0.05, 0.1) is 0 Å². The van der Waals surface area contributed by atoms with E-state index in [0.717, 1.165) is 16.8 Å². The average Bonchev–Trinajstić information content (AvgIpc) is 2.49. The van der Waals surface area contributed by atoms with Crippen LogP contribution in [0, 0.1) is 0 Å². The van der Waals surface area contributed by atoms with E-state index in [2.05, 4.69) is 5.32 Å². The third-order valence-corrected chi connectivity index (χ3v) is 3.33. The summed E-state index contributed by atoms with van der Waals surface area (Å²) < 4.78 is 0. The number of halogens is 1. The Morgan fingerprint density at radius 3 is 2.43 bits per heavy atom. The molecule has 2 aromatic rings. The van der Waals surface area contributed by atoms with Crippen LogP contribution in [-0.4, -0.2) is 18.3 Å². The molecule has 8 N–H and O–H groups in total. The zero-order chi connectivity index (χ0) is 15.9. The van der Waals surface area contributed by atoms with Crippen LogP contribution in [0.15, 0.2) is 42.5 Å². The Morgan fingerprint density at radius 1 is 1.00 bits per heavy atom. The van der Waals surface area contributed by atoms with Crippen LogP contribution in [0.2, 0.25) is 0 Å². The number of nitrogens with one attached hydrogen (secondary N) is 1. The van der Waals surface area contributed by atoms with Gasteiger partial charge in [-0.1, -0.05) is 12.2 Å². The lowest BCUT2D eigenvalue weighted by Gasteiger charge is -2.11. The topological polar surface area (TPSA) is 110 Å². The highest BCUT2D eigenvalue weighted by atomic mass is 35.5. The van der Waals surface area contributed by atoms with Crippen LogP contribution in [0.5, 0.6) is 0 Å². The molecule has 0 aromatic heterocycles. The fraction of sp³-hybridized carbons (Fsp3) is 0.176. The first kappa shape index (κ1) is 18.7. The van der Waals surface area contributed by atoms with Gasteiger partial charge in [0.15, 0.2) is 0 Å². The lowest BCUT2D eigenvalue weighted by molar-refractivity contribution is 0.300. The maximum absolute atomic E-state index is 9.10. The average molecular weight is 335 g/mol. The van der Waals surface area contributed by atoms with Crippen molar-refractivity contribution in [3.8, 4) is 0 Å². The molecule has 0 unspecified atom stereocenters. The van der Waals surface area contributed by atoms with E-state index < -0.39 is 0 Å². The van der Waals surface area contributed by atoms with Gasteiger partial charge in [0.2, 0.25) is 0 Å². The lowest BCUT2D eigenvalue weighted by atomic mass is 10.1. The molecule has 0 heterocycles. The second-order valence-corrected chi connectivity index (χ2v) is 5.06. The molecule has 124 valence electrons. The number of anilines is 4. The monoisotopic (exact) mass is 334 g/mol. The summed E-state index contributed by atoms with van der Waals surface area (Å²) >= 11 is 0. The summed E-state index contributed by atoms with van der Waals surface area (Å²) in [7, 11) is 0. The summed E-state index contributed by atoms with van der Waals surface area (Å²) in [6.45, 7) is 0.727. The Morgan fingerprint density at radius 2 is 1.70 bits per heavy atom. The first-order valence-corrected chi connectivity index (χ1v) is 7.15. The van der Waals surface area contributed by atoms with E-state index in [1.807, 2.05) is 36.4 Å². The number of rotatable bonds is 6. The Kier molecular flexibility index (Phi) is 7.25. The smallest absolute Gasteiger partial charge is 0.0472 e. The molecule has 0 saturated carbocycles. The van der Waals surface area contributed by atoms with Crippen molar-refractivity contribution >= 4 is 41.2 Å². The van der Waals surface area contributed by atoms with Crippen LogP contribution < -0.4 is 22.5 Å². The molecule has 0 spiro atoms. The highest BCUT2D eigenvalue weighted by Gasteiger charge is 2.01. The van der Waals surface area contributed by atoms with Crippen LogP contribution in [0.25, 0.3) is 6.08 Å². The van der Waals surface area contributed by atoms with Gasteiger partial charge in [0, 0.05) is 35.9 Å². The van der Waals surface area contributed by atoms with E-state index >= 15 is 0 Å². The van der Waals surface area contributed by atoms with Crippen molar-refractivity contribution in [3.63, 3.8) is 0 Å². The molecule has 0 fully saturated rings. The summed E-state index contributed by atoms with van der Waals surface area (Å²) in [5.41, 5.74) is 22.3. The molecule has 0 bridgehead atoms. The molecule has 2 aromatic carbocycles. The third-order valence-electron chi connectivity index (χ3n) is 3.33. The van der Waals surface area contributed by atoms with Gasteiger partial charge in [-0.05, 0) is 53.9 Å². The quantitative estimate of drug-likeness (QED) is 0.521. The summed E-state index contributed by atoms with van der Waals surface area (Å²) in [6, 6.07) is 11.0. The fourth-order valence-corrected chi connectivity index (χ4v) is 2.21. The molecule has 0 aliphatic heterocycles. The van der Waals surface area contributed by atoms with E-state index in [1.54, 1.807) is 12.1 Å². The number of aliphatic hydroxyl groups is 1. The summed E-state index contributed by atoms with van der Waals surface area (Å²) in [6.07, 6.45) is 4.48. The number of nitrogens with two attached hydrogens (primary N) is 3. The Balaban J connectivity index is 0.00000264. The molecule has 2 rings (SSSR count). The van der Waals surface area contributed by atoms with Crippen LogP contribution in [0.4, 0.5) is 22.7 Å². The normalized spacial score (nSPS) is 10.5. The number of nitrogen functional groups attached to an aromatic ring is 3. The second kappa shape index (κ2) is 8.92. The van der Waals surface area contributed by atoms with Crippen molar-refractivity contribution in [2.75, 3.05) is 35.7 Å². The predicted molar refractivity (Wildman–Crippen MR) is 102 cm³/mol. The largest absolute Gasteiger partial charge is 0.399 e. The molecule has 0 saturated heterocycles. The van der Waals surface area contributed by atoms with Gasteiger partial charge in [-0.3, -0.25) is 0 Å². The number of benzene rings is 2. The van der Waals surface area contributed by atoms with Crippen molar-refractivity contribution in [1.82, 2.24) is 0 Å². The predicted octanol–water partition coefficient (Wildman–Crippen LogP) is 2.52. The Hall–Kier alpha value is -2.37. The minimum Gasteiger partial charge on any atom is -0.399 e. The Labute approximate surface area is 142 Å². The number of hydrogen-bond acceptors (Lipinski definition) is 5. The minimum absolute atomic E-state index is 0. The molecule has 5 nitrogen and oxygen atoms in total. The fourth-order valence-electron chi connectivity index (χ4n) is 2.21. The first-order chi connectivity index (χ1) is 10.6. The molecule has 0 aliphatic carbocycles. The van der Waals surface area contributed by atoms with Gasteiger partial charge in [-0.25, -0.2) is 0 Å². The molecule has 0 aliphatic rings. The van der Waals surface area contributed by atoms with E-state index in [4.69, 9.17) is 22.3 Å². The van der Waals surface area contributed by atoms with E-state index in [0.29, 0.717) is 30.0 Å². The van der Waals surface area contributed by atoms with Gasteiger partial charge in [0.25, 0.3) is 0 Å². The van der Waals surface area contributed by atoms with Gasteiger partial charge in [-0.2, -0.15) is 0 Å². The maximum atomic E-state index is 9.10. The van der Waals surface area contributed by atoms with E-state index in [9.17, 15) is 0 Å². The zero-order valence-electron chi connectivity index (χ0n) is 12.8. The third kappa shape index (κ3) is 5.39. The van der Waals surface area contributed by atoms with Gasteiger partial charge >= 0.3 is 0 Å².